The summed E-state index contributed by atoms with van der Waals surface area (Å²) in [6.07, 6.45) is 6.37. The van der Waals surface area contributed by atoms with Crippen LogP contribution < -0.4 is 5.73 Å². The molecule has 3 N–H and O–H groups in total. The Bertz CT molecular complexity index is 848. The lowest BCUT2D eigenvalue weighted by Gasteiger charge is -2.32. The average Bonchev–Trinajstić information content (AvgIpc) is 3.14. The molecule has 0 spiro atoms. The Morgan fingerprint density at radius 3 is 2.76 bits per heavy atom. The molecule has 2 aromatic rings. The number of ether oxygens (including phenoxy) is 1. The third kappa shape index (κ3) is 4.42. The molecule has 0 heterocycles. The number of hydrogen-bond acceptors (Lipinski definition) is 3. The Kier molecular flexibility index (Phi) is 6.10. The average molecular weight is 394 g/mol. The summed E-state index contributed by atoms with van der Waals surface area (Å²) in [6, 6.07) is 16.0. The van der Waals surface area contributed by atoms with Gasteiger partial charge in [0.05, 0.1) is 13.2 Å². The molecule has 0 saturated heterocycles. The fraction of sp³-hybridized carbons (Fsp3) is 0.538. The van der Waals surface area contributed by atoms with Crippen molar-refractivity contribution in [3.05, 3.63) is 70.3 Å². The van der Waals surface area contributed by atoms with E-state index in [0.29, 0.717) is 17.8 Å². The summed E-state index contributed by atoms with van der Waals surface area (Å²) in [5.41, 5.74) is 13.1. The van der Waals surface area contributed by atoms with E-state index in [0.717, 1.165) is 38.7 Å². The highest BCUT2D eigenvalue weighted by Crippen LogP contribution is 2.42. The molecule has 0 aliphatic heterocycles. The third-order valence-corrected chi connectivity index (χ3v) is 7.31. The number of hydrogen-bond donors (Lipinski definition) is 2. The minimum Gasteiger partial charge on any atom is -0.394 e. The molecule has 4 atom stereocenters. The van der Waals surface area contributed by atoms with Gasteiger partial charge in [-0.25, -0.2) is 0 Å². The highest BCUT2D eigenvalue weighted by atomic mass is 16.5. The van der Waals surface area contributed by atoms with E-state index in [1.807, 2.05) is 7.11 Å². The standard InChI is InChI=1S/C26H35NO2/c1-18-4-3-5-22(12-18)25(16-29-2)23-9-8-19-13-21(7-6-20(19)14-23)24-10-11-26(27,15-24)17-28/h3-7,12-13,23-25,28H,8-11,14-17,27H2,1-2H3/t23?,24-,25?,26+/m0/s1. The molecular weight excluding hydrogens is 358 g/mol. The summed E-state index contributed by atoms with van der Waals surface area (Å²) < 4.78 is 5.62. The first-order valence-electron chi connectivity index (χ1n) is 11.1. The van der Waals surface area contributed by atoms with Crippen LogP contribution in [0, 0.1) is 12.8 Å². The van der Waals surface area contributed by atoms with Crippen molar-refractivity contribution in [3.63, 3.8) is 0 Å². The molecule has 1 fully saturated rings. The van der Waals surface area contributed by atoms with Crippen LogP contribution in [0.15, 0.2) is 42.5 Å². The van der Waals surface area contributed by atoms with Gasteiger partial charge < -0.3 is 15.6 Å². The van der Waals surface area contributed by atoms with Gasteiger partial charge in [-0.3, -0.25) is 0 Å². The second kappa shape index (κ2) is 8.59. The maximum Gasteiger partial charge on any atom is 0.0611 e. The minimum absolute atomic E-state index is 0.0932. The number of fused-ring (bicyclic) bond motifs is 1. The van der Waals surface area contributed by atoms with Gasteiger partial charge in [-0.05, 0) is 79.5 Å². The van der Waals surface area contributed by atoms with E-state index >= 15 is 0 Å². The summed E-state index contributed by atoms with van der Waals surface area (Å²) in [5.74, 6) is 1.56. The molecular formula is C26H35NO2. The molecule has 2 aliphatic rings. The molecule has 2 unspecified atom stereocenters. The Labute approximate surface area is 175 Å². The van der Waals surface area contributed by atoms with Crippen LogP contribution in [0.25, 0.3) is 0 Å². The van der Waals surface area contributed by atoms with Gasteiger partial charge >= 0.3 is 0 Å². The molecule has 3 nitrogen and oxygen atoms in total. The third-order valence-electron chi connectivity index (χ3n) is 7.31. The van der Waals surface area contributed by atoms with Gasteiger partial charge in [0, 0.05) is 18.6 Å². The molecule has 3 heteroatoms. The molecule has 0 amide bonds. The number of methoxy groups -OCH3 is 1. The number of nitrogens with two attached hydrogens (primary N) is 1. The first-order chi connectivity index (χ1) is 14.0. The minimum atomic E-state index is -0.382. The van der Waals surface area contributed by atoms with Crippen LogP contribution in [0.1, 0.15) is 65.3 Å². The second-order valence-corrected chi connectivity index (χ2v) is 9.47. The van der Waals surface area contributed by atoms with Gasteiger partial charge in [0.25, 0.3) is 0 Å². The zero-order chi connectivity index (χ0) is 20.4. The smallest absolute Gasteiger partial charge is 0.0611 e. The van der Waals surface area contributed by atoms with E-state index in [1.54, 1.807) is 0 Å². The highest BCUT2D eigenvalue weighted by Gasteiger charge is 2.36. The Hall–Kier alpha value is -1.68. The van der Waals surface area contributed by atoms with Gasteiger partial charge in [-0.2, -0.15) is 0 Å². The number of rotatable bonds is 6. The summed E-state index contributed by atoms with van der Waals surface area (Å²) in [5, 5.41) is 9.58. The van der Waals surface area contributed by atoms with Gasteiger partial charge in [0.1, 0.15) is 0 Å². The zero-order valence-electron chi connectivity index (χ0n) is 17.9. The van der Waals surface area contributed by atoms with Crippen LogP contribution in [0.5, 0.6) is 0 Å². The predicted octanol–water partition coefficient (Wildman–Crippen LogP) is 4.49. The molecule has 4 rings (SSSR count). The maximum absolute atomic E-state index is 9.58. The highest BCUT2D eigenvalue weighted by molar-refractivity contribution is 5.37. The SMILES string of the molecule is COCC(c1cccc(C)c1)C1CCc2cc([C@H]3CC[C@](N)(CO)C3)ccc2C1. The van der Waals surface area contributed by atoms with Crippen LogP contribution in [0.2, 0.25) is 0 Å². The molecule has 0 radical (unpaired) electrons. The lowest BCUT2D eigenvalue weighted by molar-refractivity contribution is 0.150. The zero-order valence-corrected chi connectivity index (χ0v) is 17.9. The van der Waals surface area contributed by atoms with Crippen molar-refractivity contribution in [1.82, 2.24) is 0 Å². The molecule has 2 aromatic carbocycles. The second-order valence-electron chi connectivity index (χ2n) is 9.47. The Morgan fingerprint density at radius 1 is 1.17 bits per heavy atom. The van der Waals surface area contributed by atoms with E-state index in [2.05, 4.69) is 49.4 Å². The lowest BCUT2D eigenvalue weighted by atomic mass is 9.74. The summed E-state index contributed by atoms with van der Waals surface area (Å²) in [4.78, 5) is 0. The summed E-state index contributed by atoms with van der Waals surface area (Å²) in [6.45, 7) is 3.04. The fourth-order valence-electron chi connectivity index (χ4n) is 5.57. The van der Waals surface area contributed by atoms with Crippen molar-refractivity contribution >= 4 is 0 Å². The summed E-state index contributed by atoms with van der Waals surface area (Å²) in [7, 11) is 1.82. The van der Waals surface area contributed by atoms with E-state index < -0.39 is 0 Å². The van der Waals surface area contributed by atoms with Crippen LogP contribution >= 0.6 is 0 Å². The topological polar surface area (TPSA) is 55.5 Å². The van der Waals surface area contributed by atoms with Crippen molar-refractivity contribution in [2.75, 3.05) is 20.3 Å². The quantitative estimate of drug-likeness (QED) is 0.760. The van der Waals surface area contributed by atoms with Crippen LogP contribution in [0.3, 0.4) is 0 Å². The molecule has 156 valence electrons. The van der Waals surface area contributed by atoms with Gasteiger partial charge in [-0.15, -0.1) is 0 Å². The Balaban J connectivity index is 1.51. The summed E-state index contributed by atoms with van der Waals surface area (Å²) >= 11 is 0. The van der Waals surface area contributed by atoms with Crippen molar-refractivity contribution in [1.29, 1.82) is 0 Å². The maximum atomic E-state index is 9.58. The monoisotopic (exact) mass is 393 g/mol. The van der Waals surface area contributed by atoms with Crippen molar-refractivity contribution in [2.24, 2.45) is 11.7 Å². The van der Waals surface area contributed by atoms with Crippen molar-refractivity contribution in [3.8, 4) is 0 Å². The van der Waals surface area contributed by atoms with E-state index in [4.69, 9.17) is 10.5 Å². The molecule has 29 heavy (non-hydrogen) atoms. The van der Waals surface area contributed by atoms with Crippen LogP contribution in [-0.2, 0) is 17.6 Å². The first-order valence-corrected chi connectivity index (χ1v) is 11.1. The number of aliphatic hydroxyl groups excluding tert-OH is 1. The molecule has 0 aromatic heterocycles. The number of aryl methyl sites for hydroxylation is 2. The predicted molar refractivity (Wildman–Crippen MR) is 118 cm³/mol. The molecule has 0 bridgehead atoms. The molecule has 2 aliphatic carbocycles. The molecule has 1 saturated carbocycles. The van der Waals surface area contributed by atoms with Gasteiger partial charge in [0.2, 0.25) is 0 Å². The number of aliphatic hydroxyl groups is 1. The largest absolute Gasteiger partial charge is 0.394 e. The fourth-order valence-corrected chi connectivity index (χ4v) is 5.57. The lowest BCUT2D eigenvalue weighted by Crippen LogP contribution is -2.40. The van der Waals surface area contributed by atoms with E-state index in [9.17, 15) is 5.11 Å². The Morgan fingerprint density at radius 2 is 2.03 bits per heavy atom. The van der Waals surface area contributed by atoms with E-state index in [-0.39, 0.29) is 12.1 Å². The van der Waals surface area contributed by atoms with Gasteiger partial charge in [0.15, 0.2) is 0 Å². The van der Waals surface area contributed by atoms with Gasteiger partial charge in [-0.1, -0.05) is 48.0 Å². The first kappa shape index (κ1) is 20.6. The van der Waals surface area contributed by atoms with Crippen molar-refractivity contribution < 1.29 is 9.84 Å². The normalized spacial score (nSPS) is 27.6. The van der Waals surface area contributed by atoms with Crippen LogP contribution in [-0.4, -0.2) is 31.0 Å². The van der Waals surface area contributed by atoms with E-state index in [1.165, 1.54) is 34.2 Å². The number of benzene rings is 2. The van der Waals surface area contributed by atoms with Crippen molar-refractivity contribution in [2.45, 2.75) is 62.8 Å². The van der Waals surface area contributed by atoms with Crippen LogP contribution in [0.4, 0.5) is 0 Å².